The van der Waals surface area contributed by atoms with E-state index in [1.54, 1.807) is 18.0 Å². The number of nitrogens with zero attached hydrogens (tertiary/aromatic N) is 3. The fourth-order valence-electron chi connectivity index (χ4n) is 2.13. The number of hydrogen-bond donors (Lipinski definition) is 2. The summed E-state index contributed by atoms with van der Waals surface area (Å²) in [7, 11) is 0. The molecule has 0 bridgehead atoms. The Morgan fingerprint density at radius 3 is 3.05 bits per heavy atom. The molecule has 2 N–H and O–H groups in total. The molecule has 1 aliphatic heterocycles. The van der Waals surface area contributed by atoms with E-state index in [0.29, 0.717) is 0 Å². The van der Waals surface area contributed by atoms with Crippen LogP contribution in [-0.2, 0) is 11.3 Å². The molecular weight excluding hydrogens is 274 g/mol. The molecule has 20 heavy (non-hydrogen) atoms. The lowest BCUT2D eigenvalue weighted by Gasteiger charge is -2.17. The summed E-state index contributed by atoms with van der Waals surface area (Å²) in [5.74, 6) is 1.71. The predicted molar refractivity (Wildman–Crippen MR) is 82.9 cm³/mol. The molecule has 1 aromatic heterocycles. The smallest absolute Gasteiger partial charge is 0.242 e. The lowest BCUT2D eigenvalue weighted by atomic mass is 10.3. The number of aromatic nitrogens is 2. The molecule has 1 fully saturated rings. The van der Waals surface area contributed by atoms with Crippen molar-refractivity contribution in [2.75, 3.05) is 36.6 Å². The van der Waals surface area contributed by atoms with E-state index < -0.39 is 0 Å². The maximum atomic E-state index is 12.0. The Kier molecular flexibility index (Phi) is 5.87. The molecule has 0 aromatic carbocycles. The van der Waals surface area contributed by atoms with Crippen LogP contribution in [0.3, 0.4) is 0 Å². The molecule has 1 unspecified atom stereocenters. The van der Waals surface area contributed by atoms with Crippen molar-refractivity contribution in [3.05, 3.63) is 12.4 Å². The van der Waals surface area contributed by atoms with Crippen LogP contribution in [0.5, 0.6) is 0 Å². The number of thioether (sulfide) groups is 1. The second kappa shape index (κ2) is 7.66. The highest BCUT2D eigenvalue weighted by atomic mass is 32.2. The van der Waals surface area contributed by atoms with E-state index in [2.05, 4.69) is 34.5 Å². The number of hydrogen-bond acceptors (Lipinski definition) is 5. The number of carbonyl (C=O) groups is 1. The van der Waals surface area contributed by atoms with Crippen molar-refractivity contribution in [2.45, 2.75) is 26.4 Å². The number of anilines is 1. The molecule has 1 amide bonds. The minimum Gasteiger partial charge on any atom is -0.322 e. The first-order valence-electron chi connectivity index (χ1n) is 7.09. The van der Waals surface area contributed by atoms with Crippen molar-refractivity contribution in [1.29, 1.82) is 0 Å². The third-order valence-electron chi connectivity index (χ3n) is 3.47. The lowest BCUT2D eigenvalue weighted by molar-refractivity contribution is -0.117. The van der Waals surface area contributed by atoms with Gasteiger partial charge in [-0.05, 0) is 13.1 Å². The molecule has 1 aromatic rings. The zero-order valence-corrected chi connectivity index (χ0v) is 12.9. The molecule has 1 saturated heterocycles. The minimum absolute atomic E-state index is 0.0262. The average molecular weight is 297 g/mol. The highest BCUT2D eigenvalue weighted by Gasteiger charge is 2.22. The summed E-state index contributed by atoms with van der Waals surface area (Å²) >= 11 is 1.74. The number of rotatable bonds is 7. The fourth-order valence-corrected chi connectivity index (χ4v) is 3.07. The summed E-state index contributed by atoms with van der Waals surface area (Å²) in [4.78, 5) is 14.3. The molecule has 0 radical (unpaired) electrons. The first-order valence-corrected chi connectivity index (χ1v) is 8.25. The van der Waals surface area contributed by atoms with Crippen LogP contribution in [0, 0.1) is 0 Å². The quantitative estimate of drug-likeness (QED) is 0.780. The van der Waals surface area contributed by atoms with E-state index >= 15 is 0 Å². The van der Waals surface area contributed by atoms with Gasteiger partial charge < -0.3 is 10.2 Å². The van der Waals surface area contributed by atoms with Crippen molar-refractivity contribution in [2.24, 2.45) is 0 Å². The van der Waals surface area contributed by atoms with Gasteiger partial charge in [0.05, 0.1) is 24.5 Å². The third-order valence-corrected chi connectivity index (χ3v) is 4.41. The van der Waals surface area contributed by atoms with Gasteiger partial charge in [0.25, 0.3) is 0 Å². The SMILES string of the molecule is CCN(CC)CCn1cc(NC(=O)C2CSCN2)cn1. The van der Waals surface area contributed by atoms with Crippen molar-refractivity contribution < 1.29 is 4.79 Å². The zero-order valence-electron chi connectivity index (χ0n) is 12.1. The van der Waals surface area contributed by atoms with Crippen molar-refractivity contribution >= 4 is 23.4 Å². The summed E-state index contributed by atoms with van der Waals surface area (Å²) < 4.78 is 1.88. The molecule has 1 aliphatic rings. The summed E-state index contributed by atoms with van der Waals surface area (Å²) in [6.07, 6.45) is 3.60. The molecule has 0 spiro atoms. The summed E-state index contributed by atoms with van der Waals surface area (Å²) in [6.45, 7) is 8.23. The Morgan fingerprint density at radius 1 is 1.60 bits per heavy atom. The lowest BCUT2D eigenvalue weighted by Crippen LogP contribution is -2.37. The number of likely N-dealkylation sites (N-methyl/N-ethyl adjacent to an activating group) is 1. The molecule has 6 nitrogen and oxygen atoms in total. The van der Waals surface area contributed by atoms with E-state index in [9.17, 15) is 4.79 Å². The summed E-state index contributed by atoms with van der Waals surface area (Å²) in [5, 5.41) is 10.3. The zero-order chi connectivity index (χ0) is 14.4. The normalized spacial score (nSPS) is 18.6. The van der Waals surface area contributed by atoms with Gasteiger partial charge in [0.1, 0.15) is 0 Å². The van der Waals surface area contributed by atoms with E-state index in [-0.39, 0.29) is 11.9 Å². The first kappa shape index (κ1) is 15.3. The van der Waals surface area contributed by atoms with E-state index in [1.807, 2.05) is 10.9 Å². The average Bonchev–Trinajstić information content (AvgIpc) is 3.11. The molecule has 7 heteroatoms. The number of carbonyl (C=O) groups excluding carboxylic acids is 1. The van der Waals surface area contributed by atoms with Gasteiger partial charge in [0.15, 0.2) is 0 Å². The first-order chi connectivity index (χ1) is 9.72. The van der Waals surface area contributed by atoms with Gasteiger partial charge in [0, 0.05) is 24.4 Å². The van der Waals surface area contributed by atoms with Gasteiger partial charge in [-0.15, -0.1) is 11.8 Å². The molecule has 0 saturated carbocycles. The Balaban J connectivity index is 1.80. The van der Waals surface area contributed by atoms with Gasteiger partial charge in [-0.1, -0.05) is 13.8 Å². The molecule has 1 atom stereocenters. The minimum atomic E-state index is -0.0842. The Bertz CT molecular complexity index is 426. The Hall–Kier alpha value is -1.05. The second-order valence-corrected chi connectivity index (χ2v) is 5.81. The second-order valence-electron chi connectivity index (χ2n) is 4.78. The highest BCUT2D eigenvalue weighted by Crippen LogP contribution is 2.12. The number of amides is 1. The van der Waals surface area contributed by atoms with E-state index in [4.69, 9.17) is 0 Å². The fraction of sp³-hybridized carbons (Fsp3) is 0.692. The monoisotopic (exact) mass is 297 g/mol. The van der Waals surface area contributed by atoms with Crippen LogP contribution in [-0.4, -0.2) is 57.9 Å². The van der Waals surface area contributed by atoms with Crippen LogP contribution in [0.1, 0.15) is 13.8 Å². The Labute approximate surface area is 124 Å². The van der Waals surface area contributed by atoms with Crippen LogP contribution >= 0.6 is 11.8 Å². The maximum absolute atomic E-state index is 12.0. The summed E-state index contributed by atoms with van der Waals surface area (Å²) in [6, 6.07) is -0.0842. The van der Waals surface area contributed by atoms with Gasteiger partial charge in [0.2, 0.25) is 5.91 Å². The predicted octanol–water partition coefficient (Wildman–Crippen LogP) is 0.826. The molecular formula is C13H23N5OS. The molecule has 2 heterocycles. The Morgan fingerprint density at radius 2 is 2.40 bits per heavy atom. The van der Waals surface area contributed by atoms with Gasteiger partial charge in [-0.2, -0.15) is 5.10 Å². The van der Waals surface area contributed by atoms with Gasteiger partial charge >= 0.3 is 0 Å². The largest absolute Gasteiger partial charge is 0.322 e. The molecule has 2 rings (SSSR count). The van der Waals surface area contributed by atoms with Crippen molar-refractivity contribution in [3.8, 4) is 0 Å². The van der Waals surface area contributed by atoms with Crippen LogP contribution in [0.15, 0.2) is 12.4 Å². The van der Waals surface area contributed by atoms with Crippen LogP contribution in [0.4, 0.5) is 5.69 Å². The standard InChI is InChI=1S/C13H23N5OS/c1-3-17(4-2)5-6-18-8-11(7-15-18)16-13(19)12-9-20-10-14-12/h7-8,12,14H,3-6,9-10H2,1-2H3,(H,16,19). The molecule has 112 valence electrons. The molecule has 0 aliphatic carbocycles. The van der Waals surface area contributed by atoms with Gasteiger partial charge in [-0.25, -0.2) is 0 Å². The van der Waals surface area contributed by atoms with Crippen LogP contribution in [0.2, 0.25) is 0 Å². The van der Waals surface area contributed by atoms with E-state index in [1.165, 1.54) is 0 Å². The van der Waals surface area contributed by atoms with Crippen LogP contribution < -0.4 is 10.6 Å². The van der Waals surface area contributed by atoms with Gasteiger partial charge in [-0.3, -0.25) is 14.8 Å². The highest BCUT2D eigenvalue weighted by molar-refractivity contribution is 7.99. The topological polar surface area (TPSA) is 62.2 Å². The third kappa shape index (κ3) is 4.22. The van der Waals surface area contributed by atoms with E-state index in [0.717, 1.165) is 43.5 Å². The van der Waals surface area contributed by atoms with Crippen molar-refractivity contribution in [1.82, 2.24) is 20.0 Å². The van der Waals surface area contributed by atoms with Crippen LogP contribution in [0.25, 0.3) is 0 Å². The number of nitrogens with one attached hydrogen (secondary N) is 2. The summed E-state index contributed by atoms with van der Waals surface area (Å²) in [5.41, 5.74) is 0.772. The maximum Gasteiger partial charge on any atom is 0.242 e. The van der Waals surface area contributed by atoms with Crippen molar-refractivity contribution in [3.63, 3.8) is 0 Å².